The van der Waals surface area contributed by atoms with Crippen LogP contribution in [0.25, 0.3) is 11.3 Å². The van der Waals surface area contributed by atoms with Gasteiger partial charge in [0.25, 0.3) is 0 Å². The highest BCUT2D eigenvalue weighted by Crippen LogP contribution is 2.24. The van der Waals surface area contributed by atoms with Crippen LogP contribution < -0.4 is 5.32 Å². The molecule has 1 aromatic carbocycles. The molecule has 3 rings (SSSR count). The predicted octanol–water partition coefficient (Wildman–Crippen LogP) is 3.86. The van der Waals surface area contributed by atoms with Crippen LogP contribution in [0.15, 0.2) is 29.6 Å². The molecular weight excluding hydrogens is 400 g/mol. The van der Waals surface area contributed by atoms with Gasteiger partial charge in [-0.15, -0.1) is 11.3 Å². The van der Waals surface area contributed by atoms with Gasteiger partial charge in [-0.3, -0.25) is 9.69 Å². The number of thiazole rings is 1. The van der Waals surface area contributed by atoms with Crippen molar-refractivity contribution in [3.8, 4) is 11.3 Å². The molecule has 1 aliphatic rings. The Balaban J connectivity index is 1.50. The van der Waals surface area contributed by atoms with E-state index in [9.17, 15) is 9.59 Å². The van der Waals surface area contributed by atoms with Gasteiger partial charge in [0, 0.05) is 42.8 Å². The fraction of sp³-hybridized carbons (Fsp3) is 0.500. The monoisotopic (exact) mass is 430 g/mol. The topological polar surface area (TPSA) is 74.8 Å². The first-order valence-electron chi connectivity index (χ1n) is 10.4. The summed E-state index contributed by atoms with van der Waals surface area (Å²) in [5.41, 5.74) is 2.67. The Morgan fingerprint density at radius 3 is 2.80 bits per heavy atom. The van der Waals surface area contributed by atoms with E-state index in [2.05, 4.69) is 15.2 Å². The molecule has 30 heavy (non-hydrogen) atoms. The lowest BCUT2D eigenvalue weighted by Gasteiger charge is -2.21. The number of carbonyl (C=O) groups is 2. The second kappa shape index (κ2) is 10.5. The number of nitrogens with zero attached hydrogens (tertiary/aromatic N) is 3. The van der Waals surface area contributed by atoms with Crippen LogP contribution in [0.3, 0.4) is 0 Å². The van der Waals surface area contributed by atoms with Crippen molar-refractivity contribution >= 4 is 29.0 Å². The number of carbonyl (C=O) groups excluding carboxylic acids is 2. The summed E-state index contributed by atoms with van der Waals surface area (Å²) in [5, 5.41) is 6.02. The van der Waals surface area contributed by atoms with E-state index in [-0.39, 0.29) is 12.0 Å². The highest BCUT2D eigenvalue weighted by molar-refractivity contribution is 7.09. The fourth-order valence-electron chi connectivity index (χ4n) is 3.30. The molecule has 1 aromatic heterocycles. The highest BCUT2D eigenvalue weighted by Gasteiger charge is 2.21. The fourth-order valence-corrected chi connectivity index (χ4v) is 3.92. The van der Waals surface area contributed by atoms with Crippen molar-refractivity contribution in [1.29, 1.82) is 0 Å². The van der Waals surface area contributed by atoms with Crippen LogP contribution in [0.5, 0.6) is 0 Å². The van der Waals surface area contributed by atoms with Crippen molar-refractivity contribution in [2.75, 3.05) is 44.6 Å². The highest BCUT2D eigenvalue weighted by atomic mass is 32.1. The second-order valence-corrected chi connectivity index (χ2v) is 9.03. The van der Waals surface area contributed by atoms with Crippen molar-refractivity contribution in [2.24, 2.45) is 5.92 Å². The maximum atomic E-state index is 12.6. The summed E-state index contributed by atoms with van der Waals surface area (Å²) in [6.07, 6.45) is 0.562. The Bertz CT molecular complexity index is 868. The van der Waals surface area contributed by atoms with Crippen LogP contribution >= 0.6 is 11.3 Å². The lowest BCUT2D eigenvalue weighted by molar-refractivity contribution is -0.117. The van der Waals surface area contributed by atoms with Crippen LogP contribution in [0.2, 0.25) is 0 Å². The van der Waals surface area contributed by atoms with Gasteiger partial charge in [-0.2, -0.15) is 0 Å². The summed E-state index contributed by atoms with van der Waals surface area (Å²) in [6, 6.07) is 7.74. The van der Waals surface area contributed by atoms with E-state index < -0.39 is 0 Å². The summed E-state index contributed by atoms with van der Waals surface area (Å²) in [5.74, 6) is 0.261. The lowest BCUT2D eigenvalue weighted by atomic mass is 10.1. The van der Waals surface area contributed by atoms with Gasteiger partial charge < -0.3 is 15.0 Å². The number of rotatable bonds is 6. The number of aromatic nitrogens is 1. The molecule has 0 radical (unpaired) electrons. The Hall–Kier alpha value is -2.45. The van der Waals surface area contributed by atoms with E-state index in [0.29, 0.717) is 38.7 Å². The Morgan fingerprint density at radius 2 is 2.07 bits per heavy atom. The third-order valence-corrected chi connectivity index (χ3v) is 5.59. The Kier molecular flexibility index (Phi) is 7.81. The summed E-state index contributed by atoms with van der Waals surface area (Å²) in [7, 11) is 0. The molecule has 0 unspecified atom stereocenters. The lowest BCUT2D eigenvalue weighted by Crippen LogP contribution is -2.38. The Morgan fingerprint density at radius 1 is 1.23 bits per heavy atom. The first-order chi connectivity index (χ1) is 14.4. The van der Waals surface area contributed by atoms with E-state index in [1.54, 1.807) is 16.2 Å². The minimum absolute atomic E-state index is 0.0579. The van der Waals surface area contributed by atoms with Gasteiger partial charge in [0.2, 0.25) is 5.91 Å². The minimum Gasteiger partial charge on any atom is -0.449 e. The zero-order valence-corrected chi connectivity index (χ0v) is 18.7. The van der Waals surface area contributed by atoms with Crippen molar-refractivity contribution in [3.63, 3.8) is 0 Å². The normalized spacial score (nSPS) is 15.1. The van der Waals surface area contributed by atoms with Crippen LogP contribution in [0.1, 0.15) is 25.3 Å². The zero-order chi connectivity index (χ0) is 21.5. The van der Waals surface area contributed by atoms with Crippen molar-refractivity contribution < 1.29 is 14.3 Å². The van der Waals surface area contributed by atoms with Gasteiger partial charge in [-0.25, -0.2) is 9.78 Å². The quantitative estimate of drug-likeness (QED) is 0.753. The molecule has 0 saturated carbocycles. The maximum absolute atomic E-state index is 12.6. The number of aryl methyl sites for hydroxylation is 1. The molecule has 8 heteroatoms. The third kappa shape index (κ3) is 6.53. The van der Waals surface area contributed by atoms with Crippen LogP contribution in [-0.4, -0.2) is 66.1 Å². The largest absolute Gasteiger partial charge is 0.449 e. The molecule has 0 atom stereocenters. The van der Waals surface area contributed by atoms with E-state index in [1.165, 1.54) is 0 Å². The number of benzene rings is 1. The summed E-state index contributed by atoms with van der Waals surface area (Å²) < 4.78 is 5.33. The molecule has 1 saturated heterocycles. The van der Waals surface area contributed by atoms with Crippen LogP contribution in [-0.2, 0) is 9.53 Å². The third-order valence-electron chi connectivity index (χ3n) is 4.82. The van der Waals surface area contributed by atoms with Gasteiger partial charge in [-0.1, -0.05) is 26.0 Å². The smallest absolute Gasteiger partial charge is 0.409 e. The number of hydrogen-bond acceptors (Lipinski definition) is 6. The van der Waals surface area contributed by atoms with E-state index >= 15 is 0 Å². The van der Waals surface area contributed by atoms with Crippen molar-refractivity contribution in [2.45, 2.75) is 27.2 Å². The molecule has 1 N–H and O–H groups in total. The van der Waals surface area contributed by atoms with E-state index in [4.69, 9.17) is 4.74 Å². The minimum atomic E-state index is -0.260. The molecule has 0 aliphatic carbocycles. The zero-order valence-electron chi connectivity index (χ0n) is 17.9. The summed E-state index contributed by atoms with van der Waals surface area (Å²) >= 11 is 1.61. The maximum Gasteiger partial charge on any atom is 0.409 e. The Labute approximate surface area is 182 Å². The van der Waals surface area contributed by atoms with Gasteiger partial charge in [0.05, 0.1) is 23.9 Å². The molecule has 1 fully saturated rings. The first kappa shape index (κ1) is 22.2. The standard InChI is InChI=1S/C22H30N4O3S/c1-16(2)14-29-22(28)26-9-5-8-25(10-11-26)13-21(27)24-19-7-4-6-18(12-19)20-15-30-17(3)23-20/h4,6-7,12,15-16H,5,8-11,13-14H2,1-3H3,(H,24,27). The van der Waals surface area contributed by atoms with Gasteiger partial charge >= 0.3 is 6.09 Å². The molecule has 0 spiro atoms. The van der Waals surface area contributed by atoms with Gasteiger partial charge in [0.15, 0.2) is 0 Å². The molecule has 7 nitrogen and oxygen atoms in total. The number of nitrogens with one attached hydrogen (secondary N) is 1. The first-order valence-corrected chi connectivity index (χ1v) is 11.2. The van der Waals surface area contributed by atoms with Crippen LogP contribution in [0, 0.1) is 12.8 Å². The van der Waals surface area contributed by atoms with Crippen molar-refractivity contribution in [1.82, 2.24) is 14.8 Å². The average molecular weight is 431 g/mol. The average Bonchev–Trinajstić information content (AvgIpc) is 3.01. The molecule has 2 aromatic rings. The van der Waals surface area contributed by atoms with Crippen LogP contribution in [0.4, 0.5) is 10.5 Å². The second-order valence-electron chi connectivity index (χ2n) is 7.97. The number of amides is 2. The van der Waals surface area contributed by atoms with Crippen molar-refractivity contribution in [3.05, 3.63) is 34.7 Å². The summed E-state index contributed by atoms with van der Waals surface area (Å²) in [6.45, 7) is 9.41. The van der Waals surface area contributed by atoms with Gasteiger partial charge in [0.1, 0.15) is 0 Å². The number of ether oxygens (including phenoxy) is 1. The molecule has 1 aliphatic heterocycles. The van der Waals surface area contributed by atoms with E-state index in [1.807, 2.05) is 50.4 Å². The molecule has 2 amide bonds. The predicted molar refractivity (Wildman–Crippen MR) is 120 cm³/mol. The van der Waals surface area contributed by atoms with Gasteiger partial charge in [-0.05, 0) is 31.4 Å². The number of hydrogen-bond donors (Lipinski definition) is 1. The molecular formula is C22H30N4O3S. The number of anilines is 1. The SMILES string of the molecule is Cc1nc(-c2cccc(NC(=O)CN3CCCN(C(=O)OCC(C)C)CC3)c2)cs1. The molecule has 0 bridgehead atoms. The molecule has 162 valence electrons. The van der Waals surface area contributed by atoms with E-state index in [0.717, 1.165) is 34.9 Å². The summed E-state index contributed by atoms with van der Waals surface area (Å²) in [4.78, 5) is 33.1. The molecule has 2 heterocycles.